The highest BCUT2D eigenvalue weighted by molar-refractivity contribution is 5.66. The average Bonchev–Trinajstić information content (AvgIpc) is 2.26. The average molecular weight is 250 g/mol. The summed E-state index contributed by atoms with van der Waals surface area (Å²) in [6.45, 7) is 10.8. The van der Waals surface area contributed by atoms with Crippen LogP contribution in [0.15, 0.2) is 11.6 Å². The van der Waals surface area contributed by atoms with Crippen molar-refractivity contribution in [1.29, 1.82) is 0 Å². The number of rotatable bonds is 1. The quantitative estimate of drug-likeness (QED) is 0.517. The van der Waals surface area contributed by atoms with E-state index < -0.39 is 0 Å². The van der Waals surface area contributed by atoms with E-state index in [9.17, 15) is 4.79 Å². The molecule has 0 amide bonds. The van der Waals surface area contributed by atoms with Gasteiger partial charge in [0.2, 0.25) is 0 Å². The van der Waals surface area contributed by atoms with Crippen molar-refractivity contribution in [3.8, 4) is 0 Å². The minimum Gasteiger partial charge on any atom is -0.462 e. The van der Waals surface area contributed by atoms with Gasteiger partial charge in [0.1, 0.15) is 6.10 Å². The molecule has 2 aliphatic rings. The van der Waals surface area contributed by atoms with Gasteiger partial charge in [0.15, 0.2) is 0 Å². The fourth-order valence-electron chi connectivity index (χ4n) is 3.93. The van der Waals surface area contributed by atoms with Crippen molar-refractivity contribution in [2.75, 3.05) is 0 Å². The first-order chi connectivity index (χ1) is 8.28. The number of fused-ring (bicyclic) bond motifs is 1. The third kappa shape index (κ3) is 2.00. The van der Waals surface area contributed by atoms with Gasteiger partial charge in [-0.2, -0.15) is 0 Å². The predicted molar refractivity (Wildman–Crippen MR) is 73.2 cm³/mol. The molecular weight excluding hydrogens is 224 g/mol. The molecule has 0 radical (unpaired) electrons. The van der Waals surface area contributed by atoms with Crippen LogP contribution in [0.1, 0.15) is 60.3 Å². The van der Waals surface area contributed by atoms with Gasteiger partial charge in [-0.25, -0.2) is 0 Å². The molecule has 1 saturated carbocycles. The molecule has 0 saturated heterocycles. The lowest BCUT2D eigenvalue weighted by Gasteiger charge is -2.54. The molecule has 0 spiro atoms. The summed E-state index contributed by atoms with van der Waals surface area (Å²) < 4.78 is 5.61. The molecule has 0 aliphatic heterocycles. The minimum absolute atomic E-state index is 0.0555. The highest BCUT2D eigenvalue weighted by atomic mass is 16.5. The SMILES string of the molecule is CC(=O)OC1CCC=C2C(C)(C)C(C)CCC21C. The van der Waals surface area contributed by atoms with Gasteiger partial charge >= 0.3 is 5.97 Å². The first-order valence-corrected chi connectivity index (χ1v) is 7.17. The zero-order valence-corrected chi connectivity index (χ0v) is 12.4. The standard InChI is InChI=1S/C16H26O2/c1-11-9-10-16(5)13(15(11,3)4)7-6-8-14(16)18-12(2)17/h7,11,14H,6,8-10H2,1-5H3. The number of esters is 1. The van der Waals surface area contributed by atoms with E-state index in [4.69, 9.17) is 4.74 Å². The highest BCUT2D eigenvalue weighted by Crippen LogP contribution is 2.57. The summed E-state index contributed by atoms with van der Waals surface area (Å²) in [7, 11) is 0. The number of hydrogen-bond acceptors (Lipinski definition) is 2. The largest absolute Gasteiger partial charge is 0.462 e. The van der Waals surface area contributed by atoms with Crippen LogP contribution in [0.25, 0.3) is 0 Å². The van der Waals surface area contributed by atoms with Gasteiger partial charge in [-0.3, -0.25) is 4.79 Å². The Kier molecular flexibility index (Phi) is 3.33. The number of hydrogen-bond donors (Lipinski definition) is 0. The Morgan fingerprint density at radius 2 is 2.00 bits per heavy atom. The van der Waals surface area contributed by atoms with Gasteiger partial charge in [-0.05, 0) is 37.0 Å². The molecule has 2 rings (SSSR count). The van der Waals surface area contributed by atoms with Crippen molar-refractivity contribution in [2.45, 2.75) is 66.4 Å². The van der Waals surface area contributed by atoms with Crippen molar-refractivity contribution in [3.05, 3.63) is 11.6 Å². The molecule has 0 aromatic rings. The Labute approximate surface area is 111 Å². The van der Waals surface area contributed by atoms with E-state index in [1.165, 1.54) is 18.9 Å². The zero-order valence-electron chi connectivity index (χ0n) is 12.4. The first-order valence-electron chi connectivity index (χ1n) is 7.17. The zero-order chi connectivity index (χ0) is 13.6. The summed E-state index contributed by atoms with van der Waals surface area (Å²) in [4.78, 5) is 11.3. The lowest BCUT2D eigenvalue weighted by Crippen LogP contribution is -2.48. The molecule has 0 aromatic heterocycles. The van der Waals surface area contributed by atoms with E-state index in [0.717, 1.165) is 19.3 Å². The molecular formula is C16H26O2. The molecule has 2 nitrogen and oxygen atoms in total. The topological polar surface area (TPSA) is 26.3 Å². The third-order valence-electron chi connectivity index (χ3n) is 5.43. The molecule has 0 aromatic carbocycles. The Balaban J connectivity index is 2.35. The van der Waals surface area contributed by atoms with Crippen molar-refractivity contribution in [1.82, 2.24) is 0 Å². The molecule has 1 fully saturated rings. The summed E-state index contributed by atoms with van der Waals surface area (Å²) in [6.07, 6.45) is 6.86. The van der Waals surface area contributed by atoms with Crippen LogP contribution in [-0.2, 0) is 9.53 Å². The van der Waals surface area contributed by atoms with Crippen molar-refractivity contribution >= 4 is 5.97 Å². The van der Waals surface area contributed by atoms with Crippen LogP contribution in [0.4, 0.5) is 0 Å². The second kappa shape index (κ2) is 4.40. The molecule has 3 atom stereocenters. The van der Waals surface area contributed by atoms with Crippen molar-refractivity contribution in [3.63, 3.8) is 0 Å². The van der Waals surface area contributed by atoms with Gasteiger partial charge in [0.05, 0.1) is 0 Å². The molecule has 2 aliphatic carbocycles. The molecule has 3 unspecified atom stereocenters. The summed E-state index contributed by atoms with van der Waals surface area (Å²) in [5, 5.41) is 0. The summed E-state index contributed by atoms with van der Waals surface area (Å²) in [5.41, 5.74) is 1.80. The summed E-state index contributed by atoms with van der Waals surface area (Å²) >= 11 is 0. The normalized spacial score (nSPS) is 38.6. The monoisotopic (exact) mass is 250 g/mol. The van der Waals surface area contributed by atoms with Gasteiger partial charge < -0.3 is 4.74 Å². The fourth-order valence-corrected chi connectivity index (χ4v) is 3.93. The molecule has 2 heteroatoms. The van der Waals surface area contributed by atoms with Crippen molar-refractivity contribution in [2.24, 2.45) is 16.7 Å². The fraction of sp³-hybridized carbons (Fsp3) is 0.812. The number of carbonyl (C=O) groups is 1. The second-order valence-corrected chi connectivity index (χ2v) is 6.87. The van der Waals surface area contributed by atoms with Gasteiger partial charge in [-0.15, -0.1) is 0 Å². The molecule has 0 heterocycles. The first kappa shape index (κ1) is 13.6. The Bertz CT molecular complexity index is 381. The maximum atomic E-state index is 11.3. The summed E-state index contributed by atoms with van der Waals surface area (Å²) in [6, 6.07) is 0. The number of allylic oxidation sites excluding steroid dienone is 1. The van der Waals surface area contributed by atoms with Crippen LogP contribution < -0.4 is 0 Å². The summed E-state index contributed by atoms with van der Waals surface area (Å²) in [5.74, 6) is 0.562. The van der Waals surface area contributed by atoms with Gasteiger partial charge in [-0.1, -0.05) is 39.3 Å². The molecule has 18 heavy (non-hydrogen) atoms. The van der Waals surface area contributed by atoms with E-state index in [1.54, 1.807) is 0 Å². The Morgan fingerprint density at radius 1 is 1.33 bits per heavy atom. The van der Waals surface area contributed by atoms with E-state index in [0.29, 0.717) is 5.92 Å². The van der Waals surface area contributed by atoms with Crippen LogP contribution in [0.2, 0.25) is 0 Å². The van der Waals surface area contributed by atoms with Crippen LogP contribution in [0.5, 0.6) is 0 Å². The van der Waals surface area contributed by atoms with Crippen LogP contribution >= 0.6 is 0 Å². The predicted octanol–water partition coefficient (Wildman–Crippen LogP) is 4.10. The lowest BCUT2D eigenvalue weighted by atomic mass is 9.52. The van der Waals surface area contributed by atoms with Crippen molar-refractivity contribution < 1.29 is 9.53 Å². The smallest absolute Gasteiger partial charge is 0.302 e. The second-order valence-electron chi connectivity index (χ2n) is 6.87. The number of ether oxygens (including phenoxy) is 1. The number of carbonyl (C=O) groups excluding carboxylic acids is 1. The molecule has 102 valence electrons. The van der Waals surface area contributed by atoms with Crippen LogP contribution in [0.3, 0.4) is 0 Å². The third-order valence-corrected chi connectivity index (χ3v) is 5.43. The Morgan fingerprint density at radius 3 is 2.61 bits per heavy atom. The minimum atomic E-state index is -0.140. The Hall–Kier alpha value is -0.790. The molecule has 0 N–H and O–H groups in total. The van der Waals surface area contributed by atoms with E-state index in [-0.39, 0.29) is 22.9 Å². The lowest BCUT2D eigenvalue weighted by molar-refractivity contribution is -0.155. The van der Waals surface area contributed by atoms with E-state index in [2.05, 4.69) is 33.8 Å². The maximum absolute atomic E-state index is 11.3. The maximum Gasteiger partial charge on any atom is 0.302 e. The molecule has 0 bridgehead atoms. The van der Waals surface area contributed by atoms with Gasteiger partial charge in [0, 0.05) is 12.3 Å². The van der Waals surface area contributed by atoms with Crippen LogP contribution in [-0.4, -0.2) is 12.1 Å². The highest BCUT2D eigenvalue weighted by Gasteiger charge is 2.51. The van der Waals surface area contributed by atoms with Crippen LogP contribution in [0, 0.1) is 16.7 Å². The van der Waals surface area contributed by atoms with E-state index >= 15 is 0 Å². The van der Waals surface area contributed by atoms with E-state index in [1.807, 2.05) is 0 Å². The van der Waals surface area contributed by atoms with Gasteiger partial charge in [0.25, 0.3) is 0 Å².